The summed E-state index contributed by atoms with van der Waals surface area (Å²) in [6.45, 7) is 9.69. The fraction of sp³-hybridized carbons (Fsp3) is 0.937. The predicted molar refractivity (Wildman–Crippen MR) is 472 cm³/mol. The van der Waals surface area contributed by atoms with E-state index in [1.165, 1.54) is 173 Å². The Bertz CT molecular complexity index is 2380. The molecule has 0 radical (unpaired) electrons. The highest BCUT2D eigenvalue weighted by atomic mass is 31.2. The second kappa shape index (κ2) is 78.7. The number of amides is 2. The summed E-state index contributed by atoms with van der Waals surface area (Å²) >= 11 is 0. The number of hydrogen-bond donors (Lipinski definition) is 7. The van der Waals surface area contributed by atoms with E-state index >= 15 is 4.79 Å². The van der Waals surface area contributed by atoms with Gasteiger partial charge >= 0.3 is 31.7 Å². The molecule has 5 unspecified atom stereocenters. The molecule has 1 fully saturated rings. The predicted octanol–water partition coefficient (Wildman–Crippen LogP) is 23.5. The third-order valence-corrected chi connectivity index (χ3v) is 24.0. The van der Waals surface area contributed by atoms with E-state index in [1.807, 2.05) is 0 Å². The number of aliphatic hydroxyl groups excluding tert-OH is 3. The summed E-state index contributed by atoms with van der Waals surface area (Å²) in [4.78, 5) is 106. The number of carbonyl (C=O) groups is 6. The lowest BCUT2D eigenvalue weighted by atomic mass is 9.90. The number of phosphoric acid groups is 1. The van der Waals surface area contributed by atoms with E-state index in [-0.39, 0.29) is 38.2 Å². The number of hydrogen-bond acceptors (Lipinski definition) is 17. The minimum Gasteiger partial charge on any atom is -0.462 e. The Morgan fingerprint density at radius 3 is 0.915 bits per heavy atom. The summed E-state index contributed by atoms with van der Waals surface area (Å²) in [5, 5.41) is 39.3. The topological polar surface area (TPSA) is 309 Å². The molecule has 0 aromatic heterocycles. The van der Waals surface area contributed by atoms with Crippen LogP contribution in [-0.2, 0) is 66.3 Å². The summed E-state index contributed by atoms with van der Waals surface area (Å²) in [5.74, 6) is -3.55. The maximum atomic E-state index is 15.0. The van der Waals surface area contributed by atoms with Crippen LogP contribution in [0.1, 0.15) is 485 Å². The van der Waals surface area contributed by atoms with Crippen LogP contribution in [0.3, 0.4) is 0 Å². The van der Waals surface area contributed by atoms with Gasteiger partial charge in [-0.25, -0.2) is 4.57 Å². The zero-order chi connectivity index (χ0) is 85.8. The fourth-order valence-corrected chi connectivity index (χ4v) is 16.5. The van der Waals surface area contributed by atoms with E-state index < -0.39 is 131 Å². The molecule has 21 nitrogen and oxygen atoms in total. The SMILES string of the molecule is CCCCCCCCCCCCCC(=O)O[C@H](CCCCCCCCCCC)CC(=O)NCC(CO)(CO)COC1OC(CO)C(OP(=O)(O)O)C(OC(=O)C[C@@H](CCCCCCCCCCC)OC(=O)CCCCCCCCCCCCC)C1NC(=O)C[C@@H](CCCCCCCCCCC)OC(=O)CCCCCCCCCCCCC. The van der Waals surface area contributed by atoms with Gasteiger partial charge in [0.25, 0.3) is 0 Å². The molecule has 0 bridgehead atoms. The molecule has 117 heavy (non-hydrogen) atoms. The molecule has 1 heterocycles. The first kappa shape index (κ1) is 112. The Kier molecular flexibility index (Phi) is 75.2. The van der Waals surface area contributed by atoms with Gasteiger partial charge in [0.05, 0.1) is 51.1 Å². The maximum Gasteiger partial charge on any atom is 0.470 e. The number of ether oxygens (including phenoxy) is 6. The molecule has 7 N–H and O–H groups in total. The minimum atomic E-state index is -5.56. The minimum absolute atomic E-state index is 0.139. The number of esters is 4. The molecule has 2 amide bonds. The van der Waals surface area contributed by atoms with Gasteiger partial charge in [-0.1, -0.05) is 388 Å². The van der Waals surface area contributed by atoms with Crippen molar-refractivity contribution in [3.63, 3.8) is 0 Å². The van der Waals surface area contributed by atoms with Gasteiger partial charge in [0.1, 0.15) is 36.6 Å². The number of phosphoric ester groups is 1. The van der Waals surface area contributed by atoms with Crippen LogP contribution in [0.4, 0.5) is 0 Å². The first-order valence-electron chi connectivity index (χ1n) is 49.0. The third kappa shape index (κ3) is 65.1. The van der Waals surface area contributed by atoms with E-state index in [2.05, 4.69) is 52.2 Å². The quantitative estimate of drug-likeness (QED) is 0.0129. The molecular weight excluding hydrogens is 1500 g/mol. The molecule has 22 heteroatoms. The van der Waals surface area contributed by atoms with Crippen LogP contribution < -0.4 is 10.6 Å². The molecule has 0 saturated carbocycles. The van der Waals surface area contributed by atoms with Crippen LogP contribution in [0, 0.1) is 5.41 Å². The van der Waals surface area contributed by atoms with Crippen molar-refractivity contribution < 1.29 is 91.4 Å². The maximum absolute atomic E-state index is 15.0. The van der Waals surface area contributed by atoms with Crippen molar-refractivity contribution in [2.45, 2.75) is 534 Å². The second-order valence-corrected chi connectivity index (χ2v) is 36.1. The van der Waals surface area contributed by atoms with Gasteiger partial charge in [-0.2, -0.15) is 0 Å². The third-order valence-electron chi connectivity index (χ3n) is 23.5. The Labute approximate surface area is 713 Å². The van der Waals surface area contributed by atoms with Crippen molar-refractivity contribution in [3.8, 4) is 0 Å². The summed E-state index contributed by atoms with van der Waals surface area (Å²) in [6.07, 6.45) is 55.4. The van der Waals surface area contributed by atoms with Gasteiger partial charge in [0, 0.05) is 25.8 Å². The van der Waals surface area contributed by atoms with Crippen LogP contribution in [0.2, 0.25) is 0 Å². The zero-order valence-corrected chi connectivity index (χ0v) is 76.7. The smallest absolute Gasteiger partial charge is 0.462 e. The summed E-state index contributed by atoms with van der Waals surface area (Å²) in [5.41, 5.74) is -1.69. The molecule has 1 aliphatic heterocycles. The average Bonchev–Trinajstić information content (AvgIpc) is 0.777. The number of carbonyl (C=O) groups excluding carboxylic acids is 6. The molecule has 8 atom stereocenters. The molecule has 0 aromatic rings. The first-order valence-corrected chi connectivity index (χ1v) is 50.6. The van der Waals surface area contributed by atoms with Crippen molar-refractivity contribution in [2.75, 3.05) is 33.0 Å². The lowest BCUT2D eigenvalue weighted by molar-refractivity contribution is -0.278. The number of aliphatic hydroxyl groups is 3. The van der Waals surface area contributed by atoms with Crippen LogP contribution in [-0.4, -0.2) is 143 Å². The van der Waals surface area contributed by atoms with Gasteiger partial charge in [-0.15, -0.1) is 0 Å². The van der Waals surface area contributed by atoms with Gasteiger partial charge in [-0.3, -0.25) is 33.3 Å². The van der Waals surface area contributed by atoms with Crippen molar-refractivity contribution in [3.05, 3.63) is 0 Å². The molecule has 1 saturated heterocycles. The van der Waals surface area contributed by atoms with Crippen LogP contribution in [0.25, 0.3) is 0 Å². The molecule has 690 valence electrons. The molecule has 1 rings (SSSR count). The highest BCUT2D eigenvalue weighted by Gasteiger charge is 2.53. The molecule has 0 aromatic carbocycles. The molecule has 1 aliphatic rings. The molecule has 0 spiro atoms. The lowest BCUT2D eigenvalue weighted by Crippen LogP contribution is -2.67. The van der Waals surface area contributed by atoms with Crippen molar-refractivity contribution in [1.29, 1.82) is 0 Å². The Hall–Kier alpha value is -3.27. The van der Waals surface area contributed by atoms with Crippen molar-refractivity contribution >= 4 is 43.5 Å². The molecule has 0 aliphatic carbocycles. The van der Waals surface area contributed by atoms with E-state index in [9.17, 15) is 53.6 Å². The van der Waals surface area contributed by atoms with Crippen molar-refractivity contribution in [2.24, 2.45) is 5.41 Å². The highest BCUT2D eigenvalue weighted by molar-refractivity contribution is 7.46. The monoisotopic (exact) mass is 1690 g/mol. The Morgan fingerprint density at radius 2 is 0.632 bits per heavy atom. The summed E-state index contributed by atoms with van der Waals surface area (Å²) < 4.78 is 56.0. The lowest BCUT2D eigenvalue weighted by Gasteiger charge is -2.46. The normalized spacial score (nSPS) is 16.6. The van der Waals surface area contributed by atoms with Crippen LogP contribution in [0.15, 0.2) is 0 Å². The van der Waals surface area contributed by atoms with Gasteiger partial charge < -0.3 is 64.2 Å². The van der Waals surface area contributed by atoms with E-state index in [4.69, 9.17) is 32.9 Å². The van der Waals surface area contributed by atoms with Crippen LogP contribution in [0.5, 0.6) is 0 Å². The van der Waals surface area contributed by atoms with E-state index in [0.717, 1.165) is 180 Å². The Balaban J connectivity index is 3.84. The summed E-state index contributed by atoms with van der Waals surface area (Å²) in [6, 6.07) is -1.73. The van der Waals surface area contributed by atoms with E-state index in [0.29, 0.717) is 51.4 Å². The van der Waals surface area contributed by atoms with Gasteiger partial charge in [-0.05, 0) is 57.8 Å². The van der Waals surface area contributed by atoms with Gasteiger partial charge in [0.2, 0.25) is 11.8 Å². The Morgan fingerprint density at radius 1 is 0.359 bits per heavy atom. The standard InChI is InChI=1S/C95H181N2O19P/c1-7-13-19-25-31-37-40-46-52-58-64-70-87(103)111-81(67-61-55-49-43-34-28-22-16-10-4)73-85(101)96-77-95(78-99,79-100)80-110-94-91(97-86(102)74-82(68-62-56-50-44-35-29-23-17-11-5)112-88(104)71-65-59-53-47-41-38-32-26-20-14-8-2)93(92(84(76-98)114-94)116-117(107,108)109)115-90(106)75-83(69-63-57-51-45-36-30-24-18-12-6)113-89(105)72-66-60-54-48-42-39-33-27-21-15-9-3/h81-84,91-94,98-100H,7-80H2,1-6H3,(H,96,101)(H,97,102)(H2,107,108,109)/t81-,82-,83-,84?,91?,92?,93?,94?/m1/s1. The highest BCUT2D eigenvalue weighted by Crippen LogP contribution is 2.43. The zero-order valence-electron chi connectivity index (χ0n) is 75.8. The number of nitrogens with one attached hydrogen (secondary N) is 2. The van der Waals surface area contributed by atoms with Crippen LogP contribution >= 0.6 is 7.82 Å². The largest absolute Gasteiger partial charge is 0.470 e. The summed E-state index contributed by atoms with van der Waals surface area (Å²) in [7, 11) is -5.56. The fourth-order valence-electron chi connectivity index (χ4n) is 15.9. The second-order valence-electron chi connectivity index (χ2n) is 34.9. The van der Waals surface area contributed by atoms with Gasteiger partial charge in [0.15, 0.2) is 12.4 Å². The van der Waals surface area contributed by atoms with E-state index in [1.54, 1.807) is 0 Å². The number of rotatable bonds is 87. The molecular formula is C95H181N2O19P. The number of unbranched alkanes of at least 4 members (excludes halogenated alkanes) is 54. The first-order chi connectivity index (χ1) is 56.9. The average molecular weight is 1690 g/mol. The van der Waals surface area contributed by atoms with Crippen molar-refractivity contribution in [1.82, 2.24) is 10.6 Å².